The standard InChI is InChI=1S/C23H22O4/c24-23(27-16-20-10-5-13-25-20)19-9-3-6-17(14-19)15-26-22-12-4-8-18-7-1-2-11-21(18)22/h1-4,6-9,11-12,14,20H,5,10,13,15-16H2/t20-/m1/s1. The van der Waals surface area contributed by atoms with Crippen molar-refractivity contribution < 1.29 is 19.0 Å². The van der Waals surface area contributed by atoms with E-state index in [1.165, 1.54) is 0 Å². The average Bonchev–Trinajstić information content (AvgIpc) is 3.24. The second-order valence-electron chi connectivity index (χ2n) is 6.70. The number of carbonyl (C=O) groups excluding carboxylic acids is 1. The van der Waals surface area contributed by atoms with Gasteiger partial charge < -0.3 is 14.2 Å². The molecule has 1 aliphatic rings. The Kier molecular flexibility index (Phi) is 5.35. The Labute approximate surface area is 158 Å². The Balaban J connectivity index is 1.40. The van der Waals surface area contributed by atoms with Gasteiger partial charge in [0.15, 0.2) is 0 Å². The number of rotatable bonds is 6. The molecule has 0 N–H and O–H groups in total. The molecule has 3 aromatic carbocycles. The van der Waals surface area contributed by atoms with Crippen LogP contribution in [0.25, 0.3) is 10.8 Å². The quantitative estimate of drug-likeness (QED) is 0.593. The highest BCUT2D eigenvalue weighted by Gasteiger charge is 2.18. The molecular weight excluding hydrogens is 340 g/mol. The molecule has 0 aromatic heterocycles. The number of esters is 1. The Bertz CT molecular complexity index is 923. The van der Waals surface area contributed by atoms with E-state index in [4.69, 9.17) is 14.2 Å². The van der Waals surface area contributed by atoms with Gasteiger partial charge in [-0.2, -0.15) is 0 Å². The molecule has 1 heterocycles. The van der Waals surface area contributed by atoms with E-state index in [9.17, 15) is 4.79 Å². The van der Waals surface area contributed by atoms with Crippen molar-refractivity contribution in [1.29, 1.82) is 0 Å². The van der Waals surface area contributed by atoms with Crippen LogP contribution in [0.1, 0.15) is 28.8 Å². The summed E-state index contributed by atoms with van der Waals surface area (Å²) in [5.74, 6) is 0.511. The first kappa shape index (κ1) is 17.6. The van der Waals surface area contributed by atoms with Crippen molar-refractivity contribution in [3.8, 4) is 5.75 Å². The third-order valence-corrected chi connectivity index (χ3v) is 4.73. The van der Waals surface area contributed by atoms with Crippen LogP contribution in [-0.2, 0) is 16.1 Å². The van der Waals surface area contributed by atoms with E-state index in [-0.39, 0.29) is 12.1 Å². The third-order valence-electron chi connectivity index (χ3n) is 4.73. The van der Waals surface area contributed by atoms with E-state index in [0.717, 1.165) is 41.5 Å². The molecule has 138 valence electrons. The highest BCUT2D eigenvalue weighted by Crippen LogP contribution is 2.26. The number of benzene rings is 3. The van der Waals surface area contributed by atoms with Gasteiger partial charge >= 0.3 is 5.97 Å². The fraction of sp³-hybridized carbons (Fsp3) is 0.261. The molecule has 1 saturated heterocycles. The molecule has 1 fully saturated rings. The highest BCUT2D eigenvalue weighted by atomic mass is 16.6. The van der Waals surface area contributed by atoms with Gasteiger partial charge in [0.05, 0.1) is 11.7 Å². The zero-order chi connectivity index (χ0) is 18.5. The predicted octanol–water partition coefficient (Wildman–Crippen LogP) is 4.75. The lowest BCUT2D eigenvalue weighted by Gasteiger charge is -2.12. The maximum atomic E-state index is 12.3. The molecular formula is C23H22O4. The van der Waals surface area contributed by atoms with Crippen molar-refractivity contribution in [3.63, 3.8) is 0 Å². The van der Waals surface area contributed by atoms with Crippen LogP contribution in [-0.4, -0.2) is 25.3 Å². The number of fused-ring (bicyclic) bond motifs is 1. The summed E-state index contributed by atoms with van der Waals surface area (Å²) < 4.78 is 16.9. The van der Waals surface area contributed by atoms with Gasteiger partial charge in [0.2, 0.25) is 0 Å². The number of carbonyl (C=O) groups is 1. The molecule has 4 nitrogen and oxygen atoms in total. The van der Waals surface area contributed by atoms with Crippen LogP contribution < -0.4 is 4.74 Å². The summed E-state index contributed by atoms with van der Waals surface area (Å²) in [5.41, 5.74) is 1.46. The van der Waals surface area contributed by atoms with Crippen LogP contribution in [0.5, 0.6) is 5.75 Å². The molecule has 4 rings (SSSR count). The minimum Gasteiger partial charge on any atom is -0.488 e. The van der Waals surface area contributed by atoms with Gasteiger partial charge in [0.1, 0.15) is 19.0 Å². The minimum atomic E-state index is -0.322. The summed E-state index contributed by atoms with van der Waals surface area (Å²) in [6.07, 6.45) is 2.02. The fourth-order valence-corrected chi connectivity index (χ4v) is 3.30. The first-order valence-corrected chi connectivity index (χ1v) is 9.28. The average molecular weight is 362 g/mol. The molecule has 27 heavy (non-hydrogen) atoms. The maximum Gasteiger partial charge on any atom is 0.338 e. The Hall–Kier alpha value is -2.85. The van der Waals surface area contributed by atoms with Crippen LogP contribution in [0.3, 0.4) is 0 Å². The number of hydrogen-bond donors (Lipinski definition) is 0. The normalized spacial score (nSPS) is 16.4. The molecule has 0 aliphatic carbocycles. The largest absolute Gasteiger partial charge is 0.488 e. The molecule has 0 radical (unpaired) electrons. The van der Waals surface area contributed by atoms with E-state index in [1.807, 2.05) is 48.5 Å². The van der Waals surface area contributed by atoms with Crippen molar-refractivity contribution in [1.82, 2.24) is 0 Å². The van der Waals surface area contributed by atoms with Crippen LogP contribution in [0.15, 0.2) is 66.7 Å². The zero-order valence-corrected chi connectivity index (χ0v) is 15.1. The van der Waals surface area contributed by atoms with Crippen molar-refractivity contribution >= 4 is 16.7 Å². The van der Waals surface area contributed by atoms with E-state index in [0.29, 0.717) is 18.8 Å². The topological polar surface area (TPSA) is 44.8 Å². The van der Waals surface area contributed by atoms with E-state index in [2.05, 4.69) is 12.1 Å². The first-order chi connectivity index (χ1) is 13.3. The van der Waals surface area contributed by atoms with Crippen LogP contribution in [0.4, 0.5) is 0 Å². The summed E-state index contributed by atoms with van der Waals surface area (Å²) in [4.78, 5) is 12.3. The van der Waals surface area contributed by atoms with Gasteiger partial charge in [-0.1, -0.05) is 48.5 Å². The molecule has 1 atom stereocenters. The first-order valence-electron chi connectivity index (χ1n) is 9.28. The molecule has 3 aromatic rings. The summed E-state index contributed by atoms with van der Waals surface area (Å²) in [7, 11) is 0. The molecule has 4 heteroatoms. The summed E-state index contributed by atoms with van der Waals surface area (Å²) in [5, 5.41) is 2.22. The highest BCUT2D eigenvalue weighted by molar-refractivity contribution is 5.89. The van der Waals surface area contributed by atoms with Crippen molar-refractivity contribution in [2.45, 2.75) is 25.6 Å². The van der Waals surface area contributed by atoms with E-state index < -0.39 is 0 Å². The van der Waals surface area contributed by atoms with Crippen LogP contribution in [0, 0.1) is 0 Å². The summed E-state index contributed by atoms with van der Waals surface area (Å²) in [6, 6.07) is 21.5. The lowest BCUT2D eigenvalue weighted by molar-refractivity contribution is 0.0161. The monoisotopic (exact) mass is 362 g/mol. The smallest absolute Gasteiger partial charge is 0.338 e. The molecule has 0 saturated carbocycles. The van der Waals surface area contributed by atoms with Gasteiger partial charge in [-0.05, 0) is 42.0 Å². The van der Waals surface area contributed by atoms with Gasteiger partial charge in [0.25, 0.3) is 0 Å². The second-order valence-corrected chi connectivity index (χ2v) is 6.70. The SMILES string of the molecule is O=C(OC[C@H]1CCCO1)c1cccc(COc2cccc3ccccc23)c1. The molecule has 0 unspecified atom stereocenters. The molecule has 0 amide bonds. The van der Waals surface area contributed by atoms with Crippen LogP contribution in [0.2, 0.25) is 0 Å². The van der Waals surface area contributed by atoms with Crippen molar-refractivity contribution in [3.05, 3.63) is 77.9 Å². The number of ether oxygens (including phenoxy) is 3. The van der Waals surface area contributed by atoms with Crippen molar-refractivity contribution in [2.24, 2.45) is 0 Å². The zero-order valence-electron chi connectivity index (χ0n) is 15.1. The summed E-state index contributed by atoms with van der Waals surface area (Å²) in [6.45, 7) is 1.46. The Morgan fingerprint density at radius 2 is 1.89 bits per heavy atom. The minimum absolute atomic E-state index is 0.0341. The molecule has 0 bridgehead atoms. The Morgan fingerprint density at radius 1 is 1.04 bits per heavy atom. The molecule has 1 aliphatic heterocycles. The van der Waals surface area contributed by atoms with Crippen molar-refractivity contribution in [2.75, 3.05) is 13.2 Å². The lowest BCUT2D eigenvalue weighted by Crippen LogP contribution is -2.18. The van der Waals surface area contributed by atoms with Gasteiger partial charge in [-0.15, -0.1) is 0 Å². The van der Waals surface area contributed by atoms with Gasteiger partial charge in [-0.25, -0.2) is 4.79 Å². The molecule has 0 spiro atoms. The van der Waals surface area contributed by atoms with E-state index in [1.54, 1.807) is 6.07 Å². The third kappa shape index (κ3) is 4.29. The van der Waals surface area contributed by atoms with Crippen LogP contribution >= 0.6 is 0 Å². The lowest BCUT2D eigenvalue weighted by atomic mass is 10.1. The fourth-order valence-electron chi connectivity index (χ4n) is 3.30. The summed E-state index contributed by atoms with van der Waals surface area (Å²) >= 11 is 0. The van der Waals surface area contributed by atoms with Gasteiger partial charge in [-0.3, -0.25) is 0 Å². The second kappa shape index (κ2) is 8.23. The van der Waals surface area contributed by atoms with E-state index >= 15 is 0 Å². The predicted molar refractivity (Wildman–Crippen MR) is 104 cm³/mol. The number of hydrogen-bond acceptors (Lipinski definition) is 4. The maximum absolute atomic E-state index is 12.3. The van der Waals surface area contributed by atoms with Gasteiger partial charge in [0, 0.05) is 12.0 Å². The Morgan fingerprint density at radius 3 is 2.78 bits per heavy atom.